The smallest absolute Gasteiger partial charge is 0.138 e. The third kappa shape index (κ3) is 2.10. The Hall–Kier alpha value is -1.84. The average molecular weight is 189 g/mol. The van der Waals surface area contributed by atoms with Gasteiger partial charge < -0.3 is 4.74 Å². The number of rotatable bonds is 3. The maximum Gasteiger partial charge on any atom is 0.138 e. The van der Waals surface area contributed by atoms with Crippen LogP contribution in [0.15, 0.2) is 36.9 Å². The lowest BCUT2D eigenvalue weighted by molar-refractivity contribution is 0.305. The minimum atomic E-state index is 0.527. The Morgan fingerprint density at radius 2 is 2.36 bits per heavy atom. The van der Waals surface area contributed by atoms with Crippen molar-refractivity contribution in [1.82, 2.24) is 14.8 Å². The van der Waals surface area contributed by atoms with Crippen LogP contribution in [0.5, 0.6) is 5.75 Å². The number of hydrogen-bond donors (Lipinski definition) is 0. The lowest BCUT2D eigenvalue weighted by Gasteiger charge is -2.02. The minimum absolute atomic E-state index is 0.527. The molecule has 0 saturated carbocycles. The fourth-order valence-corrected chi connectivity index (χ4v) is 1.15. The van der Waals surface area contributed by atoms with Crippen molar-refractivity contribution in [3.8, 4) is 5.75 Å². The van der Waals surface area contributed by atoms with Crippen LogP contribution in [0.2, 0.25) is 0 Å². The lowest BCUT2D eigenvalue weighted by Crippen LogP contribution is -1.94. The van der Waals surface area contributed by atoms with Crippen molar-refractivity contribution in [3.63, 3.8) is 0 Å². The van der Waals surface area contributed by atoms with Gasteiger partial charge in [-0.2, -0.15) is 5.10 Å². The van der Waals surface area contributed by atoms with Crippen molar-refractivity contribution in [2.45, 2.75) is 6.61 Å². The number of aryl methyl sites for hydroxylation is 1. The lowest BCUT2D eigenvalue weighted by atomic mass is 10.4. The van der Waals surface area contributed by atoms with Crippen molar-refractivity contribution < 1.29 is 4.74 Å². The predicted molar refractivity (Wildman–Crippen MR) is 51.8 cm³/mol. The maximum atomic E-state index is 5.49. The van der Waals surface area contributed by atoms with Gasteiger partial charge in [0.05, 0.1) is 12.4 Å². The maximum absolute atomic E-state index is 5.49. The summed E-state index contributed by atoms with van der Waals surface area (Å²) in [5.41, 5.74) is 1.05. The van der Waals surface area contributed by atoms with Gasteiger partial charge in [0.25, 0.3) is 0 Å². The zero-order chi connectivity index (χ0) is 9.80. The summed E-state index contributed by atoms with van der Waals surface area (Å²) >= 11 is 0. The number of hydrogen-bond acceptors (Lipinski definition) is 3. The van der Waals surface area contributed by atoms with Gasteiger partial charge in [-0.1, -0.05) is 0 Å². The molecular formula is C10H11N3O. The highest BCUT2D eigenvalue weighted by Gasteiger charge is 1.97. The van der Waals surface area contributed by atoms with Gasteiger partial charge in [-0.25, -0.2) is 0 Å². The summed E-state index contributed by atoms with van der Waals surface area (Å²) in [7, 11) is 1.88. The topological polar surface area (TPSA) is 39.9 Å². The molecule has 0 amide bonds. The Morgan fingerprint density at radius 3 is 3.00 bits per heavy atom. The van der Waals surface area contributed by atoms with Gasteiger partial charge in [0.15, 0.2) is 0 Å². The normalized spacial score (nSPS) is 10.1. The van der Waals surface area contributed by atoms with Crippen LogP contribution >= 0.6 is 0 Å². The van der Waals surface area contributed by atoms with Crippen LogP contribution < -0.4 is 4.74 Å². The van der Waals surface area contributed by atoms with Crippen LogP contribution in [0.3, 0.4) is 0 Å². The summed E-state index contributed by atoms with van der Waals surface area (Å²) in [5.74, 6) is 0.774. The van der Waals surface area contributed by atoms with Gasteiger partial charge in [0.1, 0.15) is 12.4 Å². The molecule has 0 aliphatic carbocycles. The third-order valence-electron chi connectivity index (χ3n) is 1.80. The van der Waals surface area contributed by atoms with E-state index in [1.165, 1.54) is 0 Å². The van der Waals surface area contributed by atoms with E-state index in [1.807, 2.05) is 25.4 Å². The second-order valence-electron chi connectivity index (χ2n) is 3.00. The summed E-state index contributed by atoms with van der Waals surface area (Å²) in [6, 6.07) is 3.72. The van der Waals surface area contributed by atoms with E-state index in [9.17, 15) is 0 Å². The summed E-state index contributed by atoms with van der Waals surface area (Å²) in [6.45, 7) is 0.527. The molecule has 0 spiro atoms. The Kier molecular flexibility index (Phi) is 2.44. The van der Waals surface area contributed by atoms with Crippen molar-refractivity contribution in [2.24, 2.45) is 7.05 Å². The summed E-state index contributed by atoms with van der Waals surface area (Å²) in [6.07, 6.45) is 7.13. The second kappa shape index (κ2) is 3.91. The summed E-state index contributed by atoms with van der Waals surface area (Å²) in [4.78, 5) is 3.96. The first-order valence-corrected chi connectivity index (χ1v) is 4.35. The van der Waals surface area contributed by atoms with E-state index in [0.29, 0.717) is 6.61 Å². The molecule has 0 bridgehead atoms. The summed E-state index contributed by atoms with van der Waals surface area (Å²) in [5, 5.41) is 4.05. The van der Waals surface area contributed by atoms with Crippen molar-refractivity contribution in [1.29, 1.82) is 0 Å². The van der Waals surface area contributed by atoms with Crippen molar-refractivity contribution in [2.75, 3.05) is 0 Å². The first-order chi connectivity index (χ1) is 6.84. The first kappa shape index (κ1) is 8.74. The number of aromatic nitrogens is 3. The fraction of sp³-hybridized carbons (Fsp3) is 0.200. The van der Waals surface area contributed by atoms with Gasteiger partial charge in [-0.15, -0.1) is 0 Å². The molecule has 72 valence electrons. The molecule has 0 saturated heterocycles. The van der Waals surface area contributed by atoms with E-state index in [2.05, 4.69) is 10.1 Å². The average Bonchev–Trinajstić information content (AvgIpc) is 2.63. The molecule has 2 rings (SSSR count). The quantitative estimate of drug-likeness (QED) is 0.732. The van der Waals surface area contributed by atoms with Gasteiger partial charge in [0, 0.05) is 25.0 Å². The molecule has 0 atom stereocenters. The van der Waals surface area contributed by atoms with Gasteiger partial charge in [-0.05, 0) is 12.1 Å². The molecule has 14 heavy (non-hydrogen) atoms. The largest absolute Gasteiger partial charge is 0.487 e. The zero-order valence-corrected chi connectivity index (χ0v) is 7.92. The molecule has 0 aliphatic rings. The highest BCUT2D eigenvalue weighted by atomic mass is 16.5. The molecule has 2 heterocycles. The Bertz CT molecular complexity index is 397. The van der Waals surface area contributed by atoms with Crippen molar-refractivity contribution in [3.05, 3.63) is 42.5 Å². The van der Waals surface area contributed by atoms with Crippen LogP contribution in [0, 0.1) is 0 Å². The van der Waals surface area contributed by atoms with E-state index in [1.54, 1.807) is 23.3 Å². The molecule has 0 unspecified atom stereocenters. The highest BCUT2D eigenvalue weighted by molar-refractivity contribution is 5.16. The molecular weight excluding hydrogens is 178 g/mol. The monoisotopic (exact) mass is 189 g/mol. The fourth-order valence-electron chi connectivity index (χ4n) is 1.15. The molecule has 0 fully saturated rings. The number of ether oxygens (including phenoxy) is 1. The van der Waals surface area contributed by atoms with Crippen molar-refractivity contribution >= 4 is 0 Å². The molecule has 2 aromatic heterocycles. The first-order valence-electron chi connectivity index (χ1n) is 4.35. The zero-order valence-electron chi connectivity index (χ0n) is 7.92. The van der Waals surface area contributed by atoms with Gasteiger partial charge in [0.2, 0.25) is 0 Å². The number of nitrogens with zero attached hydrogens (tertiary/aromatic N) is 3. The molecule has 0 aliphatic heterocycles. The van der Waals surface area contributed by atoms with E-state index >= 15 is 0 Å². The van der Waals surface area contributed by atoms with Crippen LogP contribution in [-0.4, -0.2) is 14.8 Å². The molecule has 0 radical (unpaired) electrons. The van der Waals surface area contributed by atoms with Crippen LogP contribution in [0.1, 0.15) is 5.56 Å². The Balaban J connectivity index is 1.95. The highest BCUT2D eigenvalue weighted by Crippen LogP contribution is 2.09. The molecule has 4 heteroatoms. The predicted octanol–water partition coefficient (Wildman–Crippen LogP) is 1.39. The van der Waals surface area contributed by atoms with E-state index in [-0.39, 0.29) is 0 Å². The van der Waals surface area contributed by atoms with E-state index < -0.39 is 0 Å². The molecule has 0 N–H and O–H groups in total. The standard InChI is InChI=1S/C10H11N3O/c1-13-7-9(5-12-13)8-14-10-3-2-4-11-6-10/h2-7H,8H2,1H3. The Labute approximate surface area is 82.2 Å². The number of pyridine rings is 1. The minimum Gasteiger partial charge on any atom is -0.487 e. The van der Waals surface area contributed by atoms with Crippen LogP contribution in [0.4, 0.5) is 0 Å². The van der Waals surface area contributed by atoms with Crippen LogP contribution in [0.25, 0.3) is 0 Å². The SMILES string of the molecule is Cn1cc(COc2cccnc2)cn1. The van der Waals surface area contributed by atoms with Crippen LogP contribution in [-0.2, 0) is 13.7 Å². The summed E-state index contributed by atoms with van der Waals surface area (Å²) < 4.78 is 7.24. The van der Waals surface area contributed by atoms with E-state index in [0.717, 1.165) is 11.3 Å². The molecule has 2 aromatic rings. The van der Waals surface area contributed by atoms with E-state index in [4.69, 9.17) is 4.74 Å². The molecule has 4 nitrogen and oxygen atoms in total. The molecule has 0 aromatic carbocycles. The second-order valence-corrected chi connectivity index (χ2v) is 3.00. The Morgan fingerprint density at radius 1 is 1.43 bits per heavy atom. The third-order valence-corrected chi connectivity index (χ3v) is 1.80. The van der Waals surface area contributed by atoms with Gasteiger partial charge >= 0.3 is 0 Å². The van der Waals surface area contributed by atoms with Gasteiger partial charge in [-0.3, -0.25) is 9.67 Å².